The van der Waals surface area contributed by atoms with Crippen molar-refractivity contribution < 1.29 is 13.9 Å². The Bertz CT molecular complexity index is 908. The van der Waals surface area contributed by atoms with Crippen LogP contribution in [-0.2, 0) is 13.9 Å². The molecule has 0 radical (unpaired) electrons. The number of hydrogen-bond acceptors (Lipinski definition) is 6. The first-order valence-electron chi connectivity index (χ1n) is 9.88. The Morgan fingerprint density at radius 2 is 1.96 bits per heavy atom. The van der Waals surface area contributed by atoms with Crippen LogP contribution in [0.4, 0.5) is 0 Å². The van der Waals surface area contributed by atoms with E-state index >= 15 is 0 Å². The predicted octanol–water partition coefficient (Wildman–Crippen LogP) is 4.39. The van der Waals surface area contributed by atoms with Crippen molar-refractivity contribution in [1.29, 1.82) is 0 Å². The molecule has 1 saturated heterocycles. The third kappa shape index (κ3) is 3.25. The van der Waals surface area contributed by atoms with Crippen LogP contribution >= 0.6 is 12.2 Å². The summed E-state index contributed by atoms with van der Waals surface area (Å²) in [6, 6.07) is 2.19. The lowest BCUT2D eigenvalue weighted by Gasteiger charge is -2.37. The van der Waals surface area contributed by atoms with Gasteiger partial charge in [0.15, 0.2) is 14.4 Å². The van der Waals surface area contributed by atoms with Gasteiger partial charge in [0.25, 0.3) is 0 Å². The zero-order valence-electron chi connectivity index (χ0n) is 17.4. The molecule has 0 unspecified atom stereocenters. The molecule has 2 aliphatic rings. The van der Waals surface area contributed by atoms with Crippen LogP contribution in [0.5, 0.6) is 0 Å². The Morgan fingerprint density at radius 1 is 1.25 bits per heavy atom. The number of aromatic nitrogens is 3. The molecule has 0 aromatic carbocycles. The normalized spacial score (nSPS) is 27.7. The van der Waals surface area contributed by atoms with Crippen LogP contribution in [0.25, 0.3) is 11.0 Å². The number of rotatable bonds is 4. The van der Waals surface area contributed by atoms with E-state index in [4.69, 9.17) is 26.1 Å². The molecule has 6 nitrogen and oxygen atoms in total. The molecule has 2 aromatic rings. The van der Waals surface area contributed by atoms with E-state index in [2.05, 4.69) is 60.7 Å². The highest BCUT2D eigenvalue weighted by atomic mass is 32.1. The number of hydrogen-bond donors (Lipinski definition) is 0. The molecule has 2 fully saturated rings. The van der Waals surface area contributed by atoms with Gasteiger partial charge in [0.1, 0.15) is 18.1 Å². The smallest absolute Gasteiger partial charge is 0.353 e. The fourth-order valence-corrected chi connectivity index (χ4v) is 5.24. The number of nitrogens with zero attached hydrogens (tertiary/aromatic N) is 3. The Balaban J connectivity index is 1.60. The lowest BCUT2D eigenvalue weighted by Crippen LogP contribution is -2.42. The summed E-state index contributed by atoms with van der Waals surface area (Å²) in [6.45, 7) is 14.0. The minimum absolute atomic E-state index is 0.0670. The highest BCUT2D eigenvalue weighted by Crippen LogP contribution is 2.45. The molecule has 0 spiro atoms. The first-order valence-corrected chi connectivity index (χ1v) is 13.2. The molecular formula is C20H29N3O3SSi. The Labute approximate surface area is 172 Å². The second-order valence-electron chi connectivity index (χ2n) is 9.47. The van der Waals surface area contributed by atoms with E-state index in [1.54, 1.807) is 6.33 Å². The van der Waals surface area contributed by atoms with E-state index in [0.29, 0.717) is 6.61 Å². The molecule has 8 heteroatoms. The molecule has 0 bridgehead atoms. The minimum Gasteiger partial charge on any atom is -0.449 e. The van der Waals surface area contributed by atoms with Crippen molar-refractivity contribution in [3.63, 3.8) is 0 Å². The topological polar surface area (TPSA) is 58.4 Å². The number of thiocarbonyl (C=S) groups is 1. The van der Waals surface area contributed by atoms with Crippen LogP contribution in [0.15, 0.2) is 18.6 Å². The molecular weight excluding hydrogens is 390 g/mol. The average molecular weight is 420 g/mol. The molecule has 3 heterocycles. The van der Waals surface area contributed by atoms with Gasteiger partial charge in [-0.3, -0.25) is 0 Å². The lowest BCUT2D eigenvalue weighted by atomic mass is 10.1. The number of fused-ring (bicyclic) bond motifs is 2. The van der Waals surface area contributed by atoms with Crippen molar-refractivity contribution in [3.05, 3.63) is 24.3 Å². The first-order chi connectivity index (χ1) is 13.1. The zero-order chi connectivity index (χ0) is 20.3. The highest BCUT2D eigenvalue weighted by Gasteiger charge is 2.53. The van der Waals surface area contributed by atoms with E-state index in [9.17, 15) is 0 Å². The summed E-state index contributed by atoms with van der Waals surface area (Å²) >= 11 is 5.23. The van der Waals surface area contributed by atoms with Crippen molar-refractivity contribution in [1.82, 2.24) is 14.5 Å². The largest absolute Gasteiger partial charge is 0.449 e. The van der Waals surface area contributed by atoms with Crippen LogP contribution in [0, 0.1) is 12.8 Å². The monoisotopic (exact) mass is 419 g/mol. The maximum atomic E-state index is 6.52. The summed E-state index contributed by atoms with van der Waals surface area (Å²) in [5, 5.41) is 1.50. The van der Waals surface area contributed by atoms with Gasteiger partial charge in [0, 0.05) is 36.3 Å². The van der Waals surface area contributed by atoms with Crippen molar-refractivity contribution in [2.75, 3.05) is 6.61 Å². The van der Waals surface area contributed by atoms with E-state index in [1.165, 1.54) is 0 Å². The first kappa shape index (κ1) is 19.8. The SMILES string of the molecule is Cc1ncnc2c1ccn2[C@@H]1C[C@@H](CO[Si](C)(C)C(C)(C)C)[C@H]2OC(=S)O[C@H]21. The summed E-state index contributed by atoms with van der Waals surface area (Å²) < 4.78 is 20.6. The average Bonchev–Trinajstić information content (AvgIpc) is 3.26. The van der Waals surface area contributed by atoms with Gasteiger partial charge in [-0.25, -0.2) is 9.97 Å². The van der Waals surface area contributed by atoms with E-state index in [0.717, 1.165) is 23.1 Å². The molecule has 4 atom stereocenters. The number of ether oxygens (including phenoxy) is 2. The standard InChI is InChI=1S/C20H29N3O3SSi/c1-12-14-7-8-23(18(14)22-11-21-12)15-9-13(16-17(15)26-19(27)25-16)10-24-28(5,6)20(2,3)4/h7-8,11,13,15-17H,9-10H2,1-6H3/t13-,15+,16+,17-/m0/s1. The highest BCUT2D eigenvalue weighted by molar-refractivity contribution is 7.79. The molecule has 1 aliphatic heterocycles. The predicted molar refractivity (Wildman–Crippen MR) is 115 cm³/mol. The van der Waals surface area contributed by atoms with E-state index in [-0.39, 0.29) is 34.4 Å². The van der Waals surface area contributed by atoms with Gasteiger partial charge in [-0.1, -0.05) is 20.8 Å². The fourth-order valence-electron chi connectivity index (χ4n) is 3.96. The third-order valence-corrected chi connectivity index (χ3v) is 11.4. The van der Waals surface area contributed by atoms with Crippen LogP contribution in [-0.4, -0.2) is 46.9 Å². The van der Waals surface area contributed by atoms with Gasteiger partial charge in [-0.15, -0.1) is 0 Å². The summed E-state index contributed by atoms with van der Waals surface area (Å²) in [7, 11) is -1.83. The van der Waals surface area contributed by atoms with Gasteiger partial charge in [0.2, 0.25) is 0 Å². The van der Waals surface area contributed by atoms with Crippen LogP contribution in [0.2, 0.25) is 18.1 Å². The molecule has 28 heavy (non-hydrogen) atoms. The van der Waals surface area contributed by atoms with Crippen LogP contribution in [0.1, 0.15) is 38.9 Å². The minimum atomic E-state index is -1.83. The molecule has 1 aliphatic carbocycles. The lowest BCUT2D eigenvalue weighted by molar-refractivity contribution is 0.105. The molecule has 0 amide bonds. The zero-order valence-corrected chi connectivity index (χ0v) is 19.2. The third-order valence-electron chi connectivity index (χ3n) is 6.71. The molecule has 0 N–H and O–H groups in total. The van der Waals surface area contributed by atoms with Crippen LogP contribution < -0.4 is 0 Å². The molecule has 152 valence electrons. The Morgan fingerprint density at radius 3 is 2.68 bits per heavy atom. The number of aryl methyl sites for hydroxylation is 1. The molecule has 2 aromatic heterocycles. The van der Waals surface area contributed by atoms with Gasteiger partial charge in [-0.05, 0) is 37.5 Å². The summed E-state index contributed by atoms with van der Waals surface area (Å²) in [6.07, 6.45) is 4.44. The van der Waals surface area contributed by atoms with E-state index in [1.807, 2.05) is 6.92 Å². The second kappa shape index (κ2) is 6.78. The molecule has 1 saturated carbocycles. The Kier molecular flexibility index (Phi) is 4.79. The fraction of sp³-hybridized carbons (Fsp3) is 0.650. The quantitative estimate of drug-likeness (QED) is 0.541. The second-order valence-corrected chi connectivity index (χ2v) is 14.6. The summed E-state index contributed by atoms with van der Waals surface area (Å²) in [5.41, 5.74) is 1.92. The van der Waals surface area contributed by atoms with Gasteiger partial charge in [0.05, 0.1) is 11.7 Å². The maximum absolute atomic E-state index is 6.52. The van der Waals surface area contributed by atoms with Crippen molar-refractivity contribution in [2.45, 2.75) is 70.5 Å². The van der Waals surface area contributed by atoms with Crippen molar-refractivity contribution in [3.8, 4) is 0 Å². The van der Waals surface area contributed by atoms with E-state index < -0.39 is 8.32 Å². The van der Waals surface area contributed by atoms with Gasteiger partial charge in [-0.2, -0.15) is 0 Å². The van der Waals surface area contributed by atoms with Crippen LogP contribution in [0.3, 0.4) is 0 Å². The van der Waals surface area contributed by atoms with Crippen molar-refractivity contribution in [2.24, 2.45) is 5.92 Å². The molecule has 4 rings (SSSR count). The van der Waals surface area contributed by atoms with Gasteiger partial charge < -0.3 is 18.5 Å². The maximum Gasteiger partial charge on any atom is 0.353 e. The summed E-state index contributed by atoms with van der Waals surface area (Å²) in [4.78, 5) is 8.82. The van der Waals surface area contributed by atoms with Crippen molar-refractivity contribution >= 4 is 36.8 Å². The van der Waals surface area contributed by atoms with Gasteiger partial charge >= 0.3 is 5.24 Å². The summed E-state index contributed by atoms with van der Waals surface area (Å²) in [5.74, 6) is 0.241. The Hall–Kier alpha value is -1.51.